The van der Waals surface area contributed by atoms with Gasteiger partial charge in [0.2, 0.25) is 12.1 Å². The van der Waals surface area contributed by atoms with Crippen molar-refractivity contribution in [1.82, 2.24) is 15.0 Å². The Labute approximate surface area is 145 Å². The number of nitrogens with zero attached hydrogens (tertiary/aromatic N) is 4. The van der Waals surface area contributed by atoms with Gasteiger partial charge in [-0.3, -0.25) is 0 Å². The van der Waals surface area contributed by atoms with Gasteiger partial charge in [0.1, 0.15) is 0 Å². The molecule has 2 amide bonds. The van der Waals surface area contributed by atoms with E-state index < -0.39 is 12.2 Å². The largest absolute Gasteiger partial charge is 0.435 e. The molecular formula is C17H20N4O4. The van der Waals surface area contributed by atoms with Crippen LogP contribution in [0, 0.1) is 0 Å². The fraction of sp³-hybridized carbons (Fsp3) is 0.412. The third kappa shape index (κ3) is 3.33. The van der Waals surface area contributed by atoms with Crippen LogP contribution in [0.3, 0.4) is 0 Å². The number of hydrogen-bond donors (Lipinski definition) is 0. The number of likely N-dealkylation sites (N-methyl/N-ethyl adjacent to an activating group) is 1. The van der Waals surface area contributed by atoms with Gasteiger partial charge < -0.3 is 14.2 Å². The number of ether oxygens (including phenoxy) is 1. The standard InChI is InChI=1S/C17H20N4O4/c1-17(2,3)14-18-15(19-25-14)21-12(10-20(4)16(21)23)24-13(22)11-8-6-5-7-9-11/h5-9,12H,10H2,1-4H3. The molecule has 132 valence electrons. The summed E-state index contributed by atoms with van der Waals surface area (Å²) < 4.78 is 10.8. The zero-order valence-electron chi connectivity index (χ0n) is 14.6. The highest BCUT2D eigenvalue weighted by Gasteiger charge is 2.42. The third-order valence-electron chi connectivity index (χ3n) is 3.78. The smallest absolute Gasteiger partial charge is 0.340 e. The summed E-state index contributed by atoms with van der Waals surface area (Å²) in [7, 11) is 1.62. The molecule has 1 atom stereocenters. The molecule has 0 N–H and O–H groups in total. The number of rotatable bonds is 3. The van der Waals surface area contributed by atoms with Crippen LogP contribution in [-0.4, -0.2) is 46.9 Å². The van der Waals surface area contributed by atoms with Crippen molar-refractivity contribution in [3.63, 3.8) is 0 Å². The first-order chi connectivity index (χ1) is 11.8. The summed E-state index contributed by atoms with van der Waals surface area (Å²) >= 11 is 0. The highest BCUT2D eigenvalue weighted by atomic mass is 16.6. The minimum absolute atomic E-state index is 0.0881. The Bertz CT molecular complexity index is 781. The summed E-state index contributed by atoms with van der Waals surface area (Å²) in [6, 6.07) is 8.25. The van der Waals surface area contributed by atoms with E-state index in [4.69, 9.17) is 9.26 Å². The molecule has 2 aromatic rings. The zero-order valence-corrected chi connectivity index (χ0v) is 14.6. The first-order valence-electron chi connectivity index (χ1n) is 7.92. The average molecular weight is 344 g/mol. The number of anilines is 1. The molecule has 25 heavy (non-hydrogen) atoms. The lowest BCUT2D eigenvalue weighted by Crippen LogP contribution is -2.38. The Morgan fingerprint density at radius 3 is 2.56 bits per heavy atom. The molecule has 1 saturated heterocycles. The number of benzene rings is 1. The van der Waals surface area contributed by atoms with E-state index in [0.29, 0.717) is 11.5 Å². The maximum Gasteiger partial charge on any atom is 0.340 e. The van der Waals surface area contributed by atoms with Crippen molar-refractivity contribution in [2.75, 3.05) is 18.5 Å². The number of carbonyl (C=O) groups excluding carboxylic acids is 2. The van der Waals surface area contributed by atoms with Crippen molar-refractivity contribution in [1.29, 1.82) is 0 Å². The minimum atomic E-state index is -0.823. The summed E-state index contributed by atoms with van der Waals surface area (Å²) in [5, 5.41) is 3.88. The second-order valence-corrected chi connectivity index (χ2v) is 6.91. The van der Waals surface area contributed by atoms with E-state index >= 15 is 0 Å². The van der Waals surface area contributed by atoms with Crippen LogP contribution in [0.1, 0.15) is 37.0 Å². The molecule has 1 fully saturated rings. The summed E-state index contributed by atoms with van der Waals surface area (Å²) in [6.45, 7) is 6.00. The molecule has 8 nitrogen and oxygen atoms in total. The number of esters is 1. The SMILES string of the molecule is CN1CC(OC(=O)c2ccccc2)N(c2noc(C(C)(C)C)n2)C1=O. The number of urea groups is 1. The highest BCUT2D eigenvalue weighted by molar-refractivity contribution is 5.94. The topological polar surface area (TPSA) is 88.8 Å². The number of carbonyl (C=O) groups is 2. The van der Waals surface area contributed by atoms with E-state index in [2.05, 4.69) is 10.1 Å². The Hall–Kier alpha value is -2.90. The Kier molecular flexibility index (Phi) is 4.20. The van der Waals surface area contributed by atoms with Crippen molar-refractivity contribution < 1.29 is 18.8 Å². The molecule has 0 aliphatic carbocycles. The van der Waals surface area contributed by atoms with Crippen molar-refractivity contribution in [3.8, 4) is 0 Å². The van der Waals surface area contributed by atoms with Gasteiger partial charge in [0.25, 0.3) is 5.95 Å². The summed E-state index contributed by atoms with van der Waals surface area (Å²) in [6.07, 6.45) is -0.823. The lowest BCUT2D eigenvalue weighted by molar-refractivity contribution is 0.0329. The lowest BCUT2D eigenvalue weighted by atomic mass is 9.97. The van der Waals surface area contributed by atoms with Gasteiger partial charge in [0, 0.05) is 12.5 Å². The van der Waals surface area contributed by atoms with Gasteiger partial charge in [0.15, 0.2) is 0 Å². The minimum Gasteiger partial charge on any atom is -0.435 e. The summed E-state index contributed by atoms with van der Waals surface area (Å²) in [4.78, 5) is 31.7. The van der Waals surface area contributed by atoms with Crippen LogP contribution in [0.4, 0.5) is 10.7 Å². The van der Waals surface area contributed by atoms with Crippen molar-refractivity contribution in [2.45, 2.75) is 32.4 Å². The van der Waals surface area contributed by atoms with Gasteiger partial charge in [-0.2, -0.15) is 4.98 Å². The second-order valence-electron chi connectivity index (χ2n) is 6.91. The molecule has 1 aliphatic heterocycles. The van der Waals surface area contributed by atoms with Crippen molar-refractivity contribution >= 4 is 17.9 Å². The molecule has 1 aromatic heterocycles. The predicted molar refractivity (Wildman–Crippen MR) is 89.1 cm³/mol. The molecule has 2 heterocycles. The van der Waals surface area contributed by atoms with E-state index in [9.17, 15) is 9.59 Å². The van der Waals surface area contributed by atoms with Crippen LogP contribution < -0.4 is 4.90 Å². The highest BCUT2D eigenvalue weighted by Crippen LogP contribution is 2.27. The second kappa shape index (κ2) is 6.19. The van der Waals surface area contributed by atoms with Crippen LogP contribution >= 0.6 is 0 Å². The Morgan fingerprint density at radius 1 is 1.28 bits per heavy atom. The quantitative estimate of drug-likeness (QED) is 0.795. The van der Waals surface area contributed by atoms with Crippen LogP contribution in [-0.2, 0) is 10.2 Å². The molecule has 0 radical (unpaired) electrons. The van der Waals surface area contributed by atoms with Crippen LogP contribution in [0.5, 0.6) is 0 Å². The van der Waals surface area contributed by atoms with E-state index in [1.807, 2.05) is 26.8 Å². The summed E-state index contributed by atoms with van der Waals surface area (Å²) in [5.74, 6) is -0.0265. The zero-order chi connectivity index (χ0) is 18.2. The van der Waals surface area contributed by atoms with Gasteiger partial charge in [-0.15, -0.1) is 0 Å². The maximum atomic E-state index is 12.4. The molecule has 0 spiro atoms. The molecule has 0 bridgehead atoms. The van der Waals surface area contributed by atoms with Crippen LogP contribution in [0.2, 0.25) is 0 Å². The van der Waals surface area contributed by atoms with Crippen LogP contribution in [0.25, 0.3) is 0 Å². The molecule has 1 unspecified atom stereocenters. The fourth-order valence-corrected chi connectivity index (χ4v) is 2.39. The van der Waals surface area contributed by atoms with Crippen molar-refractivity contribution in [2.24, 2.45) is 0 Å². The van der Waals surface area contributed by atoms with Gasteiger partial charge >= 0.3 is 12.0 Å². The van der Waals surface area contributed by atoms with Crippen LogP contribution in [0.15, 0.2) is 34.9 Å². The normalized spacial score (nSPS) is 17.9. The van der Waals surface area contributed by atoms with E-state index in [0.717, 1.165) is 0 Å². The van der Waals surface area contributed by atoms with E-state index in [1.165, 1.54) is 9.80 Å². The first-order valence-corrected chi connectivity index (χ1v) is 7.92. The Balaban J connectivity index is 1.84. The molecule has 3 rings (SSSR count). The predicted octanol–water partition coefficient (Wildman–Crippen LogP) is 2.42. The average Bonchev–Trinajstić information content (AvgIpc) is 3.14. The molecule has 1 aliphatic rings. The molecule has 8 heteroatoms. The van der Waals surface area contributed by atoms with Crippen molar-refractivity contribution in [3.05, 3.63) is 41.8 Å². The van der Waals surface area contributed by atoms with Gasteiger partial charge in [-0.1, -0.05) is 39.0 Å². The number of aromatic nitrogens is 2. The summed E-state index contributed by atoms with van der Waals surface area (Å²) in [5.41, 5.74) is 0.0591. The Morgan fingerprint density at radius 2 is 1.96 bits per heavy atom. The molecular weight excluding hydrogens is 324 g/mol. The molecule has 0 saturated carbocycles. The van der Waals surface area contributed by atoms with Gasteiger partial charge in [-0.05, 0) is 17.3 Å². The fourth-order valence-electron chi connectivity index (χ4n) is 2.39. The third-order valence-corrected chi connectivity index (χ3v) is 3.78. The number of hydrogen-bond acceptors (Lipinski definition) is 6. The van der Waals surface area contributed by atoms with E-state index in [1.54, 1.807) is 31.3 Å². The first kappa shape index (κ1) is 16.9. The number of amides is 2. The maximum absolute atomic E-state index is 12.4. The lowest BCUT2D eigenvalue weighted by Gasteiger charge is -2.19. The van der Waals surface area contributed by atoms with Gasteiger partial charge in [-0.25, -0.2) is 14.5 Å². The molecule has 1 aromatic carbocycles. The van der Waals surface area contributed by atoms with Gasteiger partial charge in [0.05, 0.1) is 12.1 Å². The van der Waals surface area contributed by atoms with E-state index in [-0.39, 0.29) is 23.9 Å². The monoisotopic (exact) mass is 344 g/mol.